The Hall–Kier alpha value is -2.04. The van der Waals surface area contributed by atoms with E-state index >= 15 is 0 Å². The normalized spacial score (nSPS) is 10.4. The third-order valence-electron chi connectivity index (χ3n) is 2.80. The molecule has 0 radical (unpaired) electrons. The van der Waals surface area contributed by atoms with Crippen molar-refractivity contribution in [3.05, 3.63) is 29.3 Å². The van der Waals surface area contributed by atoms with Gasteiger partial charge in [0.1, 0.15) is 0 Å². The molecule has 0 aliphatic carbocycles. The Morgan fingerprint density at radius 3 is 2.60 bits per heavy atom. The topological polar surface area (TPSA) is 84.2 Å². The Morgan fingerprint density at radius 2 is 1.95 bits per heavy atom. The third-order valence-corrected chi connectivity index (χ3v) is 2.80. The SMILES string of the molecule is Cc1ccc(N)c(C(=O)NCCC(=O)NCC(C)C)c1. The molecule has 0 saturated carbocycles. The van der Waals surface area contributed by atoms with Crippen molar-refractivity contribution >= 4 is 17.5 Å². The van der Waals surface area contributed by atoms with Crippen LogP contribution < -0.4 is 16.4 Å². The third kappa shape index (κ3) is 5.30. The van der Waals surface area contributed by atoms with E-state index in [-0.39, 0.29) is 18.2 Å². The van der Waals surface area contributed by atoms with Crippen LogP contribution in [0.1, 0.15) is 36.2 Å². The Morgan fingerprint density at radius 1 is 1.25 bits per heavy atom. The van der Waals surface area contributed by atoms with Crippen LogP contribution >= 0.6 is 0 Å². The lowest BCUT2D eigenvalue weighted by Crippen LogP contribution is -2.32. The van der Waals surface area contributed by atoms with Crippen molar-refractivity contribution in [3.63, 3.8) is 0 Å². The van der Waals surface area contributed by atoms with Crippen LogP contribution in [0.25, 0.3) is 0 Å². The van der Waals surface area contributed by atoms with Gasteiger partial charge < -0.3 is 16.4 Å². The molecule has 2 amide bonds. The van der Waals surface area contributed by atoms with Crippen LogP contribution in [0.5, 0.6) is 0 Å². The zero-order valence-corrected chi connectivity index (χ0v) is 12.3. The van der Waals surface area contributed by atoms with Gasteiger partial charge in [-0.2, -0.15) is 0 Å². The van der Waals surface area contributed by atoms with Gasteiger partial charge in [-0.3, -0.25) is 9.59 Å². The summed E-state index contributed by atoms with van der Waals surface area (Å²) in [6, 6.07) is 5.30. The first kappa shape index (κ1) is 16.0. The highest BCUT2D eigenvalue weighted by molar-refractivity contribution is 5.99. The second-order valence-electron chi connectivity index (χ2n) is 5.29. The molecule has 1 aromatic carbocycles. The molecular weight excluding hydrogens is 254 g/mol. The van der Waals surface area contributed by atoms with Crippen LogP contribution in [-0.2, 0) is 4.79 Å². The Kier molecular flexibility index (Phi) is 6.03. The number of benzene rings is 1. The molecule has 0 atom stereocenters. The van der Waals surface area contributed by atoms with E-state index in [0.717, 1.165) is 5.56 Å². The zero-order chi connectivity index (χ0) is 15.1. The number of rotatable bonds is 6. The summed E-state index contributed by atoms with van der Waals surface area (Å²) in [5.41, 5.74) is 7.63. The number of hydrogen-bond acceptors (Lipinski definition) is 3. The van der Waals surface area contributed by atoms with Gasteiger partial charge >= 0.3 is 0 Å². The minimum atomic E-state index is -0.247. The van der Waals surface area contributed by atoms with E-state index in [1.807, 2.05) is 26.8 Å². The van der Waals surface area contributed by atoms with Crippen molar-refractivity contribution < 1.29 is 9.59 Å². The van der Waals surface area contributed by atoms with E-state index in [0.29, 0.717) is 30.3 Å². The molecule has 110 valence electrons. The molecule has 0 fully saturated rings. The largest absolute Gasteiger partial charge is 0.398 e. The number of carbonyl (C=O) groups excluding carboxylic acids is 2. The molecule has 5 heteroatoms. The van der Waals surface area contributed by atoms with Gasteiger partial charge in [0.15, 0.2) is 0 Å². The number of nitrogen functional groups attached to an aromatic ring is 1. The second kappa shape index (κ2) is 7.53. The first-order chi connectivity index (χ1) is 9.40. The highest BCUT2D eigenvalue weighted by Crippen LogP contribution is 2.13. The molecule has 5 nitrogen and oxygen atoms in total. The van der Waals surface area contributed by atoms with E-state index in [1.54, 1.807) is 12.1 Å². The zero-order valence-electron chi connectivity index (χ0n) is 12.3. The number of anilines is 1. The molecule has 4 N–H and O–H groups in total. The molecule has 20 heavy (non-hydrogen) atoms. The molecular formula is C15H23N3O2. The van der Waals surface area contributed by atoms with E-state index in [9.17, 15) is 9.59 Å². The van der Waals surface area contributed by atoms with Crippen molar-refractivity contribution in [2.75, 3.05) is 18.8 Å². The molecule has 0 spiro atoms. The number of amides is 2. The Bertz CT molecular complexity index is 484. The first-order valence-corrected chi connectivity index (χ1v) is 6.81. The highest BCUT2D eigenvalue weighted by atomic mass is 16.2. The lowest BCUT2D eigenvalue weighted by Gasteiger charge is -2.09. The molecule has 0 aliphatic rings. The predicted octanol–water partition coefficient (Wildman–Crippen LogP) is 1.47. The van der Waals surface area contributed by atoms with Crippen molar-refractivity contribution in [1.82, 2.24) is 10.6 Å². The van der Waals surface area contributed by atoms with E-state index in [1.165, 1.54) is 0 Å². The van der Waals surface area contributed by atoms with Gasteiger partial charge in [-0.1, -0.05) is 25.5 Å². The van der Waals surface area contributed by atoms with Gasteiger partial charge in [-0.15, -0.1) is 0 Å². The maximum Gasteiger partial charge on any atom is 0.253 e. The van der Waals surface area contributed by atoms with E-state index in [4.69, 9.17) is 5.73 Å². The summed E-state index contributed by atoms with van der Waals surface area (Å²) in [7, 11) is 0. The summed E-state index contributed by atoms with van der Waals surface area (Å²) in [5.74, 6) is 0.111. The molecule has 0 bridgehead atoms. The number of carbonyl (C=O) groups is 2. The van der Waals surface area contributed by atoms with Crippen LogP contribution in [0.2, 0.25) is 0 Å². The Labute approximate surface area is 119 Å². The molecule has 0 unspecified atom stereocenters. The molecule has 0 aromatic heterocycles. The van der Waals surface area contributed by atoms with Crippen molar-refractivity contribution in [2.45, 2.75) is 27.2 Å². The summed E-state index contributed by atoms with van der Waals surface area (Å²) in [6.45, 7) is 6.91. The first-order valence-electron chi connectivity index (χ1n) is 6.81. The molecule has 0 heterocycles. The fourth-order valence-corrected chi connectivity index (χ4v) is 1.66. The van der Waals surface area contributed by atoms with Crippen molar-refractivity contribution in [3.8, 4) is 0 Å². The lowest BCUT2D eigenvalue weighted by molar-refractivity contribution is -0.121. The summed E-state index contributed by atoms with van der Waals surface area (Å²) in [5, 5.41) is 5.51. The number of nitrogens with two attached hydrogens (primary N) is 1. The maximum atomic E-state index is 11.9. The van der Waals surface area contributed by atoms with Crippen LogP contribution in [0.4, 0.5) is 5.69 Å². The molecule has 1 aromatic rings. The summed E-state index contributed by atoms with van der Waals surface area (Å²) in [6.07, 6.45) is 0.268. The lowest BCUT2D eigenvalue weighted by atomic mass is 10.1. The number of aryl methyl sites for hydroxylation is 1. The average Bonchev–Trinajstić information content (AvgIpc) is 2.39. The number of hydrogen-bond donors (Lipinski definition) is 3. The fourth-order valence-electron chi connectivity index (χ4n) is 1.66. The highest BCUT2D eigenvalue weighted by Gasteiger charge is 2.10. The van der Waals surface area contributed by atoms with Gasteiger partial charge in [-0.25, -0.2) is 0 Å². The van der Waals surface area contributed by atoms with Gasteiger partial charge in [0.05, 0.1) is 5.56 Å². The van der Waals surface area contributed by atoms with Gasteiger partial charge in [0, 0.05) is 25.2 Å². The minimum Gasteiger partial charge on any atom is -0.398 e. The average molecular weight is 277 g/mol. The van der Waals surface area contributed by atoms with Crippen LogP contribution in [0, 0.1) is 12.8 Å². The summed E-state index contributed by atoms with van der Waals surface area (Å²) >= 11 is 0. The standard InChI is InChI=1S/C15H23N3O2/c1-10(2)9-18-14(19)6-7-17-15(20)12-8-11(3)4-5-13(12)16/h4-5,8,10H,6-7,9,16H2,1-3H3,(H,17,20)(H,18,19). The summed E-state index contributed by atoms with van der Waals surface area (Å²) in [4.78, 5) is 23.4. The fraction of sp³-hybridized carbons (Fsp3) is 0.467. The van der Waals surface area contributed by atoms with Crippen LogP contribution in [-0.4, -0.2) is 24.9 Å². The molecule has 0 aliphatic heterocycles. The van der Waals surface area contributed by atoms with Gasteiger partial charge in [0.25, 0.3) is 5.91 Å². The quantitative estimate of drug-likeness (QED) is 0.688. The monoisotopic (exact) mass is 277 g/mol. The van der Waals surface area contributed by atoms with Crippen molar-refractivity contribution in [2.24, 2.45) is 5.92 Å². The molecule has 0 saturated heterocycles. The van der Waals surface area contributed by atoms with E-state index in [2.05, 4.69) is 10.6 Å². The summed E-state index contributed by atoms with van der Waals surface area (Å²) < 4.78 is 0. The van der Waals surface area contributed by atoms with Gasteiger partial charge in [0.2, 0.25) is 5.91 Å². The van der Waals surface area contributed by atoms with Crippen LogP contribution in [0.15, 0.2) is 18.2 Å². The molecule has 1 rings (SSSR count). The smallest absolute Gasteiger partial charge is 0.253 e. The minimum absolute atomic E-state index is 0.0591. The maximum absolute atomic E-state index is 11.9. The van der Waals surface area contributed by atoms with Crippen molar-refractivity contribution in [1.29, 1.82) is 0 Å². The Balaban J connectivity index is 2.40. The van der Waals surface area contributed by atoms with Gasteiger partial charge in [-0.05, 0) is 25.0 Å². The predicted molar refractivity (Wildman–Crippen MR) is 80.4 cm³/mol. The number of nitrogens with one attached hydrogen (secondary N) is 2. The van der Waals surface area contributed by atoms with Crippen LogP contribution in [0.3, 0.4) is 0 Å². The second-order valence-corrected chi connectivity index (χ2v) is 5.29. The van der Waals surface area contributed by atoms with E-state index < -0.39 is 0 Å².